The number of benzene rings is 1. The van der Waals surface area contributed by atoms with Crippen molar-refractivity contribution in [2.45, 2.75) is 19.3 Å². The van der Waals surface area contributed by atoms with Crippen LogP contribution in [0, 0.1) is 5.92 Å². The fourth-order valence-electron chi connectivity index (χ4n) is 2.56. The van der Waals surface area contributed by atoms with Crippen LogP contribution in [0.4, 0.5) is 3.89 Å². The van der Waals surface area contributed by atoms with E-state index in [-0.39, 0.29) is 18.2 Å². The summed E-state index contributed by atoms with van der Waals surface area (Å²) in [5, 5.41) is 0. The minimum Gasteiger partial charge on any atom is -0.493 e. The fourth-order valence-corrected chi connectivity index (χ4v) is 3.46. The fraction of sp³-hybridized carbons (Fsp3) is 0.533. The van der Waals surface area contributed by atoms with Crippen molar-refractivity contribution in [2.75, 3.05) is 25.4 Å². The van der Waals surface area contributed by atoms with Crippen LogP contribution in [0.3, 0.4) is 0 Å². The van der Waals surface area contributed by atoms with Crippen LogP contribution in [-0.2, 0) is 15.0 Å². The summed E-state index contributed by atoms with van der Waals surface area (Å²) in [6.07, 6.45) is 1.32. The zero-order chi connectivity index (χ0) is 16.0. The highest BCUT2D eigenvalue weighted by molar-refractivity contribution is 7.86. The quantitative estimate of drug-likeness (QED) is 0.749. The number of likely N-dealkylation sites (tertiary alicyclic amines) is 1. The molecule has 0 bridgehead atoms. The normalized spacial score (nSPS) is 16.5. The van der Waals surface area contributed by atoms with Crippen LogP contribution < -0.4 is 4.74 Å². The predicted molar refractivity (Wildman–Crippen MR) is 80.8 cm³/mol. The maximum Gasteiger partial charge on any atom is 0.302 e. The van der Waals surface area contributed by atoms with E-state index in [4.69, 9.17) is 4.74 Å². The predicted octanol–water partition coefficient (Wildman–Crippen LogP) is 1.99. The van der Waals surface area contributed by atoms with Gasteiger partial charge in [0.25, 0.3) is 0 Å². The molecule has 0 N–H and O–H groups in total. The average Bonchev–Trinajstić information content (AvgIpc) is 2.47. The Hall–Kier alpha value is -1.63. The standard InChI is InChI=1S/C15H20FNO4S/c16-22(19,20)12-13-6-9-17(10-7-13)15(18)8-11-21-14-4-2-1-3-5-14/h1-5,13H,6-12H2. The molecule has 7 heteroatoms. The molecular weight excluding hydrogens is 309 g/mol. The number of nitrogens with zero attached hydrogens (tertiary/aromatic N) is 1. The number of halogens is 1. The van der Waals surface area contributed by atoms with Crippen LogP contribution in [0.1, 0.15) is 19.3 Å². The second-order valence-electron chi connectivity index (χ2n) is 5.44. The van der Waals surface area contributed by atoms with Crippen molar-refractivity contribution in [3.63, 3.8) is 0 Å². The molecule has 22 heavy (non-hydrogen) atoms. The van der Waals surface area contributed by atoms with Gasteiger partial charge in [-0.15, -0.1) is 3.89 Å². The van der Waals surface area contributed by atoms with Crippen LogP contribution >= 0.6 is 0 Å². The van der Waals surface area contributed by atoms with Crippen molar-refractivity contribution in [3.05, 3.63) is 30.3 Å². The van der Waals surface area contributed by atoms with Crippen LogP contribution in [0.2, 0.25) is 0 Å². The van der Waals surface area contributed by atoms with Gasteiger partial charge in [-0.1, -0.05) is 18.2 Å². The molecule has 1 aliphatic rings. The van der Waals surface area contributed by atoms with Gasteiger partial charge in [0.15, 0.2) is 0 Å². The second-order valence-corrected chi connectivity index (χ2v) is 6.85. The highest BCUT2D eigenvalue weighted by Gasteiger charge is 2.26. The summed E-state index contributed by atoms with van der Waals surface area (Å²) < 4.78 is 39.4. The minimum absolute atomic E-state index is 0.0162. The Morgan fingerprint density at radius 3 is 2.45 bits per heavy atom. The Balaban J connectivity index is 1.69. The number of hydrogen-bond donors (Lipinski definition) is 0. The van der Waals surface area contributed by atoms with Crippen LogP contribution in [0.25, 0.3) is 0 Å². The summed E-state index contributed by atoms with van der Waals surface area (Å²) in [5.74, 6) is 0.0749. The van der Waals surface area contributed by atoms with Gasteiger partial charge >= 0.3 is 10.2 Å². The van der Waals surface area contributed by atoms with E-state index < -0.39 is 16.0 Å². The maximum absolute atomic E-state index is 12.6. The van der Waals surface area contributed by atoms with Crippen LogP contribution in [0.5, 0.6) is 5.75 Å². The van der Waals surface area contributed by atoms with Gasteiger partial charge in [-0.3, -0.25) is 4.79 Å². The topological polar surface area (TPSA) is 63.7 Å². The lowest BCUT2D eigenvalue weighted by atomic mass is 9.99. The maximum atomic E-state index is 12.6. The first-order valence-corrected chi connectivity index (χ1v) is 8.87. The van der Waals surface area contributed by atoms with Crippen LogP contribution in [-0.4, -0.2) is 44.7 Å². The van der Waals surface area contributed by atoms with E-state index >= 15 is 0 Å². The lowest BCUT2D eigenvalue weighted by Crippen LogP contribution is -2.40. The van der Waals surface area contributed by atoms with E-state index in [1.165, 1.54) is 0 Å². The summed E-state index contributed by atoms with van der Waals surface area (Å²) in [6.45, 7) is 1.26. The van der Waals surface area contributed by atoms with Crippen molar-refractivity contribution in [2.24, 2.45) is 5.92 Å². The molecule has 122 valence electrons. The largest absolute Gasteiger partial charge is 0.493 e. The molecule has 1 aromatic rings. The zero-order valence-electron chi connectivity index (χ0n) is 12.3. The van der Waals surface area contributed by atoms with E-state index in [9.17, 15) is 17.1 Å². The third kappa shape index (κ3) is 5.63. The van der Waals surface area contributed by atoms with Crippen molar-refractivity contribution in [1.29, 1.82) is 0 Å². The number of carbonyl (C=O) groups is 1. The molecule has 2 rings (SSSR count). The summed E-state index contributed by atoms with van der Waals surface area (Å²) in [7, 11) is -4.43. The number of hydrogen-bond acceptors (Lipinski definition) is 4. The van der Waals surface area contributed by atoms with E-state index in [0.29, 0.717) is 32.5 Å². The second kappa shape index (κ2) is 7.58. The third-order valence-electron chi connectivity index (χ3n) is 3.73. The zero-order valence-corrected chi connectivity index (χ0v) is 13.1. The molecule has 0 saturated carbocycles. The highest BCUT2D eigenvalue weighted by Crippen LogP contribution is 2.20. The van der Waals surface area contributed by atoms with Gasteiger partial charge in [-0.2, -0.15) is 8.42 Å². The molecule has 1 saturated heterocycles. The van der Waals surface area contributed by atoms with Gasteiger partial charge in [0.1, 0.15) is 5.75 Å². The number of amides is 1. The molecule has 5 nitrogen and oxygen atoms in total. The van der Waals surface area contributed by atoms with Gasteiger partial charge in [0.05, 0.1) is 18.8 Å². The van der Waals surface area contributed by atoms with Gasteiger partial charge in [0, 0.05) is 13.1 Å². The Morgan fingerprint density at radius 1 is 1.23 bits per heavy atom. The number of ether oxygens (including phenoxy) is 1. The van der Waals surface area contributed by atoms with E-state index in [0.717, 1.165) is 5.75 Å². The van der Waals surface area contributed by atoms with Crippen LogP contribution in [0.15, 0.2) is 30.3 Å². The summed E-state index contributed by atoms with van der Waals surface area (Å²) in [6, 6.07) is 9.27. The molecule has 1 heterocycles. The number of rotatable bonds is 6. The Morgan fingerprint density at radius 2 is 1.86 bits per heavy atom. The monoisotopic (exact) mass is 329 g/mol. The molecule has 0 spiro atoms. The number of para-hydroxylation sites is 1. The molecule has 1 aliphatic heterocycles. The molecule has 0 aliphatic carbocycles. The Kier molecular flexibility index (Phi) is 5.76. The molecular formula is C15H20FNO4S. The molecule has 0 aromatic heterocycles. The van der Waals surface area contributed by atoms with E-state index in [1.807, 2.05) is 30.3 Å². The SMILES string of the molecule is O=C(CCOc1ccccc1)N1CCC(CS(=O)(=O)F)CC1. The van der Waals surface area contributed by atoms with E-state index in [2.05, 4.69) is 0 Å². The third-order valence-corrected chi connectivity index (χ3v) is 4.60. The minimum atomic E-state index is -4.43. The van der Waals surface area contributed by atoms with Gasteiger partial charge in [0.2, 0.25) is 5.91 Å². The Labute approximate surface area is 130 Å². The summed E-state index contributed by atoms with van der Waals surface area (Å²) in [5.41, 5.74) is 0. The van der Waals surface area contributed by atoms with E-state index in [1.54, 1.807) is 4.90 Å². The summed E-state index contributed by atoms with van der Waals surface area (Å²) in [4.78, 5) is 13.7. The highest BCUT2D eigenvalue weighted by atomic mass is 32.3. The molecule has 1 fully saturated rings. The lowest BCUT2D eigenvalue weighted by molar-refractivity contribution is -0.133. The Bertz CT molecular complexity index is 583. The first-order valence-electron chi connectivity index (χ1n) is 7.32. The lowest BCUT2D eigenvalue weighted by Gasteiger charge is -2.31. The molecule has 1 aromatic carbocycles. The molecule has 0 radical (unpaired) electrons. The molecule has 0 unspecified atom stereocenters. The van der Waals surface area contributed by atoms with Crippen molar-refractivity contribution in [3.8, 4) is 5.75 Å². The van der Waals surface area contributed by atoms with Gasteiger partial charge in [-0.25, -0.2) is 0 Å². The smallest absolute Gasteiger partial charge is 0.302 e. The first-order chi connectivity index (χ1) is 10.4. The van der Waals surface area contributed by atoms with Gasteiger partial charge in [-0.05, 0) is 30.9 Å². The molecule has 1 amide bonds. The molecule has 0 atom stereocenters. The van der Waals surface area contributed by atoms with Crippen molar-refractivity contribution >= 4 is 16.1 Å². The van der Waals surface area contributed by atoms with Crippen molar-refractivity contribution in [1.82, 2.24) is 4.90 Å². The average molecular weight is 329 g/mol. The number of carbonyl (C=O) groups excluding carboxylic acids is 1. The van der Waals surface area contributed by atoms with Gasteiger partial charge < -0.3 is 9.64 Å². The summed E-state index contributed by atoms with van der Waals surface area (Å²) >= 11 is 0. The first kappa shape index (κ1) is 16.7. The number of piperidine rings is 1. The van der Waals surface area contributed by atoms with Crippen molar-refractivity contribution < 1.29 is 21.8 Å².